The molecule has 0 radical (unpaired) electrons. The summed E-state index contributed by atoms with van der Waals surface area (Å²) >= 11 is 0. The van der Waals surface area contributed by atoms with Crippen molar-refractivity contribution in [2.45, 2.75) is 6.42 Å². The molecule has 0 fully saturated rings. The highest BCUT2D eigenvalue weighted by Gasteiger charge is 2.31. The van der Waals surface area contributed by atoms with Crippen LogP contribution in [0.1, 0.15) is 11.1 Å². The third kappa shape index (κ3) is 3.89. The van der Waals surface area contributed by atoms with Gasteiger partial charge >= 0.3 is 0 Å². The van der Waals surface area contributed by atoms with E-state index in [9.17, 15) is 9.90 Å². The second-order valence-electron chi connectivity index (χ2n) is 6.65. The molecule has 0 atom stereocenters. The molecule has 0 bridgehead atoms. The lowest BCUT2D eigenvalue weighted by Gasteiger charge is -2.11. The van der Waals surface area contributed by atoms with E-state index in [0.29, 0.717) is 23.5 Å². The molecule has 5 heteroatoms. The van der Waals surface area contributed by atoms with E-state index in [2.05, 4.69) is 5.10 Å². The van der Waals surface area contributed by atoms with E-state index in [4.69, 9.17) is 4.74 Å². The van der Waals surface area contributed by atoms with E-state index in [0.717, 1.165) is 16.8 Å². The fraction of sp³-hybridized carbons (Fsp3) is 0.0833. The standard InChI is InChI=1S/C24H20N2O3/c1-29-23-16-18(12-13-22(23)27)14-20-21(15-17-8-4-2-5-9-17)25-26(24(20)28)19-10-6-3-7-11-19/h2-14,16,27H,15H2,1H3/b20-14-. The summed E-state index contributed by atoms with van der Waals surface area (Å²) in [6.45, 7) is 0. The van der Waals surface area contributed by atoms with Gasteiger partial charge in [-0.1, -0.05) is 54.6 Å². The average Bonchev–Trinajstić information content (AvgIpc) is 3.06. The maximum absolute atomic E-state index is 13.2. The van der Waals surface area contributed by atoms with Gasteiger partial charge in [0, 0.05) is 6.42 Å². The Morgan fingerprint density at radius 3 is 2.38 bits per heavy atom. The van der Waals surface area contributed by atoms with Gasteiger partial charge in [0.05, 0.1) is 24.1 Å². The molecule has 0 aliphatic carbocycles. The molecule has 1 aliphatic heterocycles. The van der Waals surface area contributed by atoms with Gasteiger partial charge in [0.25, 0.3) is 5.91 Å². The molecular formula is C24H20N2O3. The van der Waals surface area contributed by atoms with Crippen molar-refractivity contribution in [1.82, 2.24) is 0 Å². The number of amides is 1. The lowest BCUT2D eigenvalue weighted by Crippen LogP contribution is -2.21. The van der Waals surface area contributed by atoms with Gasteiger partial charge in [-0.25, -0.2) is 0 Å². The first-order chi connectivity index (χ1) is 14.2. The number of methoxy groups -OCH3 is 1. The van der Waals surface area contributed by atoms with Crippen molar-refractivity contribution in [2.24, 2.45) is 5.10 Å². The van der Waals surface area contributed by atoms with Gasteiger partial charge in [-0.2, -0.15) is 10.1 Å². The first-order valence-electron chi connectivity index (χ1n) is 9.25. The lowest BCUT2D eigenvalue weighted by atomic mass is 10.00. The summed E-state index contributed by atoms with van der Waals surface area (Å²) < 4.78 is 5.19. The van der Waals surface area contributed by atoms with Crippen LogP contribution in [-0.4, -0.2) is 23.8 Å². The number of para-hydroxylation sites is 1. The van der Waals surface area contributed by atoms with Gasteiger partial charge in [-0.15, -0.1) is 0 Å². The van der Waals surface area contributed by atoms with Crippen molar-refractivity contribution in [3.05, 3.63) is 95.6 Å². The van der Waals surface area contributed by atoms with Crippen molar-refractivity contribution >= 4 is 23.4 Å². The van der Waals surface area contributed by atoms with Gasteiger partial charge < -0.3 is 9.84 Å². The molecule has 0 saturated carbocycles. The Balaban J connectivity index is 1.75. The van der Waals surface area contributed by atoms with Gasteiger partial charge in [0.2, 0.25) is 0 Å². The predicted octanol–water partition coefficient (Wildman–Crippen LogP) is 4.43. The van der Waals surface area contributed by atoms with Gasteiger partial charge in [0.1, 0.15) is 0 Å². The second-order valence-corrected chi connectivity index (χ2v) is 6.65. The molecule has 1 N–H and O–H groups in total. The minimum Gasteiger partial charge on any atom is -0.504 e. The Bertz CT molecular complexity index is 1090. The molecule has 1 heterocycles. The number of carbonyl (C=O) groups excluding carboxylic acids is 1. The first kappa shape index (κ1) is 18.5. The van der Waals surface area contributed by atoms with Crippen LogP contribution < -0.4 is 9.75 Å². The van der Waals surface area contributed by atoms with E-state index in [1.807, 2.05) is 60.7 Å². The van der Waals surface area contributed by atoms with Crippen LogP contribution in [0, 0.1) is 0 Å². The zero-order valence-corrected chi connectivity index (χ0v) is 15.9. The van der Waals surface area contributed by atoms with E-state index < -0.39 is 0 Å². The number of hydrazone groups is 1. The van der Waals surface area contributed by atoms with Gasteiger partial charge in [-0.05, 0) is 41.5 Å². The SMILES string of the molecule is COc1cc(/C=C2\C(=O)N(c3ccccc3)N=C2Cc2ccccc2)ccc1O. The highest BCUT2D eigenvalue weighted by atomic mass is 16.5. The Morgan fingerprint density at radius 2 is 1.69 bits per heavy atom. The number of carbonyl (C=O) groups is 1. The first-order valence-corrected chi connectivity index (χ1v) is 9.25. The topological polar surface area (TPSA) is 62.1 Å². The van der Waals surface area contributed by atoms with Crippen LogP contribution in [0.25, 0.3) is 6.08 Å². The zero-order chi connectivity index (χ0) is 20.2. The number of phenolic OH excluding ortho intramolecular Hbond substituents is 1. The van der Waals surface area contributed by atoms with E-state index in [1.165, 1.54) is 12.1 Å². The number of nitrogens with zero attached hydrogens (tertiary/aromatic N) is 2. The summed E-state index contributed by atoms with van der Waals surface area (Å²) in [5.41, 5.74) is 3.75. The molecule has 144 valence electrons. The maximum atomic E-state index is 13.2. The fourth-order valence-electron chi connectivity index (χ4n) is 3.22. The number of rotatable bonds is 5. The monoisotopic (exact) mass is 384 g/mol. The molecule has 5 nitrogen and oxygen atoms in total. The maximum Gasteiger partial charge on any atom is 0.280 e. The van der Waals surface area contributed by atoms with Crippen LogP contribution in [0.3, 0.4) is 0 Å². The smallest absolute Gasteiger partial charge is 0.280 e. The van der Waals surface area contributed by atoms with Crippen molar-refractivity contribution in [3.63, 3.8) is 0 Å². The highest BCUT2D eigenvalue weighted by molar-refractivity contribution is 6.33. The van der Waals surface area contributed by atoms with Crippen LogP contribution in [-0.2, 0) is 11.2 Å². The number of ether oxygens (including phenoxy) is 1. The van der Waals surface area contributed by atoms with Crippen molar-refractivity contribution in [3.8, 4) is 11.5 Å². The molecule has 0 saturated heterocycles. The summed E-state index contributed by atoms with van der Waals surface area (Å²) in [7, 11) is 1.49. The number of hydrogen-bond acceptors (Lipinski definition) is 4. The number of aromatic hydroxyl groups is 1. The summed E-state index contributed by atoms with van der Waals surface area (Å²) in [6, 6.07) is 24.3. The quantitative estimate of drug-likeness (QED) is 0.662. The molecule has 3 aromatic carbocycles. The van der Waals surface area contributed by atoms with Crippen LogP contribution in [0.2, 0.25) is 0 Å². The summed E-state index contributed by atoms with van der Waals surface area (Å²) in [5.74, 6) is 0.219. The Kier molecular flexibility index (Phi) is 5.12. The third-order valence-corrected chi connectivity index (χ3v) is 4.68. The van der Waals surface area contributed by atoms with Crippen LogP contribution in [0.15, 0.2) is 89.5 Å². The molecule has 0 unspecified atom stereocenters. The molecule has 4 rings (SSSR count). The molecule has 1 amide bonds. The van der Waals surface area contributed by atoms with Crippen molar-refractivity contribution in [1.29, 1.82) is 0 Å². The third-order valence-electron chi connectivity index (χ3n) is 4.68. The summed E-state index contributed by atoms with van der Waals surface area (Å²) in [4.78, 5) is 13.2. The number of phenols is 1. The second kappa shape index (κ2) is 8.02. The Morgan fingerprint density at radius 1 is 1.00 bits per heavy atom. The molecular weight excluding hydrogens is 364 g/mol. The molecule has 3 aromatic rings. The number of benzene rings is 3. The normalized spacial score (nSPS) is 14.9. The van der Waals surface area contributed by atoms with Crippen molar-refractivity contribution in [2.75, 3.05) is 12.1 Å². The fourth-order valence-corrected chi connectivity index (χ4v) is 3.22. The minimum atomic E-state index is -0.186. The molecule has 1 aliphatic rings. The van der Waals surface area contributed by atoms with E-state index in [1.54, 1.807) is 24.3 Å². The molecule has 0 aromatic heterocycles. The van der Waals surface area contributed by atoms with E-state index >= 15 is 0 Å². The Labute approximate surface area is 169 Å². The minimum absolute atomic E-state index is 0.0523. The van der Waals surface area contributed by atoms with E-state index in [-0.39, 0.29) is 11.7 Å². The predicted molar refractivity (Wildman–Crippen MR) is 114 cm³/mol. The zero-order valence-electron chi connectivity index (χ0n) is 15.9. The van der Waals surface area contributed by atoms with Gasteiger partial charge in [-0.3, -0.25) is 4.79 Å². The highest BCUT2D eigenvalue weighted by Crippen LogP contribution is 2.30. The Hall–Kier alpha value is -3.86. The van der Waals surface area contributed by atoms with Gasteiger partial charge in [0.15, 0.2) is 11.5 Å². The van der Waals surface area contributed by atoms with Crippen LogP contribution in [0.4, 0.5) is 5.69 Å². The summed E-state index contributed by atoms with van der Waals surface area (Å²) in [6.07, 6.45) is 2.33. The van der Waals surface area contributed by atoms with Crippen molar-refractivity contribution < 1.29 is 14.6 Å². The average molecular weight is 384 g/mol. The van der Waals surface area contributed by atoms with Crippen LogP contribution in [0.5, 0.6) is 11.5 Å². The number of hydrogen-bond donors (Lipinski definition) is 1. The summed E-state index contributed by atoms with van der Waals surface area (Å²) in [5, 5.41) is 15.9. The molecule has 29 heavy (non-hydrogen) atoms. The largest absolute Gasteiger partial charge is 0.504 e. The lowest BCUT2D eigenvalue weighted by molar-refractivity contribution is -0.114. The molecule has 0 spiro atoms. The van der Waals surface area contributed by atoms with Crippen LogP contribution >= 0.6 is 0 Å². The number of anilines is 1.